The summed E-state index contributed by atoms with van der Waals surface area (Å²) in [5, 5.41) is 3.00. The summed E-state index contributed by atoms with van der Waals surface area (Å²) in [5.74, 6) is 3.28. The van der Waals surface area contributed by atoms with E-state index in [-0.39, 0.29) is 0 Å². The molecule has 0 aliphatic heterocycles. The normalized spacial score (nSPS) is 9.08. The Bertz CT molecular complexity index is 315. The highest BCUT2D eigenvalue weighted by Gasteiger charge is 1.98. The van der Waals surface area contributed by atoms with Crippen LogP contribution < -0.4 is 5.32 Å². The smallest absolute Gasteiger partial charge is 0.141 e. The van der Waals surface area contributed by atoms with Gasteiger partial charge in [0.25, 0.3) is 0 Å². The number of hydrogen-bond donors (Lipinski definition) is 1. The molecule has 3 heteroatoms. The first-order chi connectivity index (χ1) is 5.74. The summed E-state index contributed by atoms with van der Waals surface area (Å²) in [7, 11) is 0. The summed E-state index contributed by atoms with van der Waals surface area (Å²) >= 11 is 3.38. The second-order valence-electron chi connectivity index (χ2n) is 2.40. The van der Waals surface area contributed by atoms with Gasteiger partial charge in [-0.1, -0.05) is 5.92 Å². The van der Waals surface area contributed by atoms with Gasteiger partial charge in [0.15, 0.2) is 0 Å². The van der Waals surface area contributed by atoms with Crippen LogP contribution in [0.1, 0.15) is 5.56 Å². The number of nitrogens with zero attached hydrogens (tertiary/aromatic N) is 1. The Morgan fingerprint density at radius 1 is 1.75 bits per heavy atom. The fourth-order valence-electron chi connectivity index (χ4n) is 0.798. The fraction of sp³-hybridized carbons (Fsp3) is 0.222. The van der Waals surface area contributed by atoms with Crippen molar-refractivity contribution in [1.82, 2.24) is 4.98 Å². The second kappa shape index (κ2) is 4.13. The van der Waals surface area contributed by atoms with Gasteiger partial charge in [0, 0.05) is 6.20 Å². The van der Waals surface area contributed by atoms with Gasteiger partial charge in [-0.2, -0.15) is 0 Å². The number of aryl methyl sites for hydroxylation is 1. The summed E-state index contributed by atoms with van der Waals surface area (Å²) in [5.41, 5.74) is 1.12. The van der Waals surface area contributed by atoms with Crippen molar-refractivity contribution in [3.8, 4) is 12.3 Å². The number of anilines is 1. The molecule has 0 spiro atoms. The van der Waals surface area contributed by atoms with Gasteiger partial charge in [0.2, 0.25) is 0 Å². The molecule has 0 unspecified atom stereocenters. The van der Waals surface area contributed by atoms with Crippen LogP contribution >= 0.6 is 15.9 Å². The van der Waals surface area contributed by atoms with Gasteiger partial charge in [-0.25, -0.2) is 4.98 Å². The van der Waals surface area contributed by atoms with Gasteiger partial charge in [0.1, 0.15) is 5.82 Å². The summed E-state index contributed by atoms with van der Waals surface area (Å²) in [4.78, 5) is 4.16. The van der Waals surface area contributed by atoms with E-state index in [9.17, 15) is 0 Å². The van der Waals surface area contributed by atoms with E-state index in [0.29, 0.717) is 6.54 Å². The van der Waals surface area contributed by atoms with Gasteiger partial charge < -0.3 is 5.32 Å². The van der Waals surface area contributed by atoms with E-state index in [2.05, 4.69) is 32.2 Å². The van der Waals surface area contributed by atoms with Crippen LogP contribution in [0.2, 0.25) is 0 Å². The molecular weight excluding hydrogens is 216 g/mol. The van der Waals surface area contributed by atoms with Crippen LogP contribution in [-0.2, 0) is 0 Å². The van der Waals surface area contributed by atoms with E-state index in [1.807, 2.05) is 13.0 Å². The number of pyridine rings is 1. The number of rotatable bonds is 2. The maximum Gasteiger partial charge on any atom is 0.141 e. The maximum absolute atomic E-state index is 5.10. The highest BCUT2D eigenvalue weighted by atomic mass is 79.9. The average molecular weight is 225 g/mol. The highest BCUT2D eigenvalue weighted by Crippen LogP contribution is 2.19. The zero-order valence-electron chi connectivity index (χ0n) is 6.76. The molecular formula is C9H9BrN2. The molecule has 0 atom stereocenters. The van der Waals surface area contributed by atoms with E-state index >= 15 is 0 Å². The molecule has 0 radical (unpaired) electrons. The van der Waals surface area contributed by atoms with E-state index in [4.69, 9.17) is 6.42 Å². The summed E-state index contributed by atoms with van der Waals surface area (Å²) < 4.78 is 0.942. The molecule has 0 saturated heterocycles. The van der Waals surface area contributed by atoms with Crippen LogP contribution in [0.25, 0.3) is 0 Å². The predicted molar refractivity (Wildman–Crippen MR) is 54.0 cm³/mol. The molecule has 0 aliphatic carbocycles. The van der Waals surface area contributed by atoms with Gasteiger partial charge >= 0.3 is 0 Å². The number of terminal acetylenes is 1. The van der Waals surface area contributed by atoms with E-state index in [1.165, 1.54) is 0 Å². The predicted octanol–water partition coefficient (Wildman–Crippen LogP) is 2.20. The Morgan fingerprint density at radius 2 is 2.50 bits per heavy atom. The minimum Gasteiger partial charge on any atom is -0.358 e. The SMILES string of the molecule is C#CCNc1ncc(C)cc1Br. The van der Waals surface area contributed by atoms with Gasteiger partial charge in [-0.05, 0) is 34.5 Å². The highest BCUT2D eigenvalue weighted by molar-refractivity contribution is 9.10. The topological polar surface area (TPSA) is 24.9 Å². The van der Waals surface area contributed by atoms with E-state index in [0.717, 1.165) is 15.9 Å². The van der Waals surface area contributed by atoms with Crippen molar-refractivity contribution in [3.63, 3.8) is 0 Å². The first kappa shape index (κ1) is 9.08. The molecule has 0 fully saturated rings. The quantitative estimate of drug-likeness (QED) is 0.780. The minimum absolute atomic E-state index is 0.495. The number of nitrogens with one attached hydrogen (secondary N) is 1. The van der Waals surface area contributed by atoms with Crippen LogP contribution in [0.15, 0.2) is 16.7 Å². The standard InChI is InChI=1S/C9H9BrN2/c1-3-4-11-9-8(10)5-7(2)6-12-9/h1,5-6H,4H2,2H3,(H,11,12). The Balaban J connectivity index is 2.81. The van der Waals surface area contributed by atoms with Crippen molar-refractivity contribution in [1.29, 1.82) is 0 Å². The molecule has 2 nitrogen and oxygen atoms in total. The molecule has 62 valence electrons. The van der Waals surface area contributed by atoms with Crippen molar-refractivity contribution in [2.45, 2.75) is 6.92 Å². The zero-order valence-corrected chi connectivity index (χ0v) is 8.35. The number of aromatic nitrogens is 1. The molecule has 1 N–H and O–H groups in total. The lowest BCUT2D eigenvalue weighted by molar-refractivity contribution is 1.20. The van der Waals surface area contributed by atoms with Crippen LogP contribution in [0.5, 0.6) is 0 Å². The van der Waals surface area contributed by atoms with Crippen molar-refractivity contribution >= 4 is 21.7 Å². The van der Waals surface area contributed by atoms with Gasteiger partial charge in [-0.15, -0.1) is 6.42 Å². The largest absolute Gasteiger partial charge is 0.358 e. The second-order valence-corrected chi connectivity index (χ2v) is 3.26. The summed E-state index contributed by atoms with van der Waals surface area (Å²) in [6.45, 7) is 2.48. The van der Waals surface area contributed by atoms with Crippen molar-refractivity contribution in [2.24, 2.45) is 0 Å². The lowest BCUT2D eigenvalue weighted by Crippen LogP contribution is -2.01. The third kappa shape index (κ3) is 2.24. The summed E-state index contributed by atoms with van der Waals surface area (Å²) in [6, 6.07) is 1.99. The lowest BCUT2D eigenvalue weighted by atomic mass is 10.3. The number of halogens is 1. The molecule has 12 heavy (non-hydrogen) atoms. The molecule has 0 aromatic carbocycles. The average Bonchev–Trinajstić information content (AvgIpc) is 2.03. The van der Waals surface area contributed by atoms with Gasteiger partial charge in [0.05, 0.1) is 11.0 Å². The Morgan fingerprint density at radius 3 is 3.08 bits per heavy atom. The van der Waals surface area contributed by atoms with Crippen LogP contribution in [0.3, 0.4) is 0 Å². The molecule has 1 aromatic rings. The molecule has 1 heterocycles. The maximum atomic E-state index is 5.10. The monoisotopic (exact) mass is 224 g/mol. The Hall–Kier alpha value is -1.01. The molecule has 1 aromatic heterocycles. The first-order valence-electron chi connectivity index (χ1n) is 3.53. The van der Waals surface area contributed by atoms with E-state index < -0.39 is 0 Å². The fourth-order valence-corrected chi connectivity index (χ4v) is 1.40. The lowest BCUT2D eigenvalue weighted by Gasteiger charge is -2.03. The van der Waals surface area contributed by atoms with Crippen LogP contribution in [-0.4, -0.2) is 11.5 Å². The van der Waals surface area contributed by atoms with Crippen LogP contribution in [0, 0.1) is 19.3 Å². The summed E-state index contributed by atoms with van der Waals surface area (Å²) in [6.07, 6.45) is 6.90. The molecule has 0 bridgehead atoms. The molecule has 0 saturated carbocycles. The van der Waals surface area contributed by atoms with Gasteiger partial charge in [-0.3, -0.25) is 0 Å². The first-order valence-corrected chi connectivity index (χ1v) is 4.33. The minimum atomic E-state index is 0.495. The molecule has 0 aliphatic rings. The third-order valence-corrected chi connectivity index (χ3v) is 1.94. The third-order valence-electron chi connectivity index (χ3n) is 1.34. The van der Waals surface area contributed by atoms with Crippen molar-refractivity contribution < 1.29 is 0 Å². The molecule has 0 amide bonds. The van der Waals surface area contributed by atoms with E-state index in [1.54, 1.807) is 6.20 Å². The number of hydrogen-bond acceptors (Lipinski definition) is 2. The van der Waals surface area contributed by atoms with Crippen molar-refractivity contribution in [3.05, 3.63) is 22.3 Å². The molecule has 1 rings (SSSR count). The van der Waals surface area contributed by atoms with Crippen LogP contribution in [0.4, 0.5) is 5.82 Å². The van der Waals surface area contributed by atoms with Crippen molar-refractivity contribution in [2.75, 3.05) is 11.9 Å². The Kier molecular flexibility index (Phi) is 3.12. The zero-order chi connectivity index (χ0) is 8.97. The Labute approximate surface area is 80.5 Å².